The highest BCUT2D eigenvalue weighted by Crippen LogP contribution is 2.42. The second-order valence-corrected chi connectivity index (χ2v) is 9.08. The fraction of sp³-hybridized carbons (Fsp3) is 0.750. The topological polar surface area (TPSA) is 44.8 Å². The first-order valence-electron chi connectivity index (χ1n) is 9.83. The Hall–Kier alpha value is -0.845. The molecule has 1 saturated heterocycles. The van der Waals surface area contributed by atoms with E-state index in [1.165, 1.54) is 30.6 Å². The third-order valence-corrected chi connectivity index (χ3v) is 6.36. The van der Waals surface area contributed by atoms with Gasteiger partial charge in [0.1, 0.15) is 4.88 Å². The minimum absolute atomic E-state index is 0.176. The molecule has 0 aliphatic carbocycles. The molecule has 4 nitrogen and oxygen atoms in total. The molecule has 0 aromatic carbocycles. The summed E-state index contributed by atoms with van der Waals surface area (Å²) in [4.78, 5) is 12.6. The molecule has 26 heavy (non-hydrogen) atoms. The lowest BCUT2D eigenvalue weighted by atomic mass is 9.67. The Morgan fingerprint density at radius 3 is 2.38 bits per heavy atom. The Kier molecular flexibility index (Phi) is 7.74. The molecule has 0 unspecified atom stereocenters. The van der Waals surface area contributed by atoms with Crippen molar-refractivity contribution >= 4 is 24.4 Å². The highest BCUT2D eigenvalue weighted by atomic mass is 32.1. The van der Waals surface area contributed by atoms with Crippen molar-refractivity contribution in [1.82, 2.24) is 0 Å². The minimum atomic E-state index is -0.299. The molecule has 146 valence electrons. The number of rotatable bonds is 10. The van der Waals surface area contributed by atoms with Gasteiger partial charge in [0, 0.05) is 0 Å². The van der Waals surface area contributed by atoms with Gasteiger partial charge in [-0.15, -0.1) is 11.3 Å². The number of hydrogen-bond acceptors (Lipinski definition) is 5. The van der Waals surface area contributed by atoms with E-state index in [1.54, 1.807) is 6.07 Å². The van der Waals surface area contributed by atoms with Crippen LogP contribution in [-0.2, 0) is 14.0 Å². The van der Waals surface area contributed by atoms with Crippen LogP contribution in [0.1, 0.15) is 82.8 Å². The molecule has 2 rings (SSSR count). The van der Waals surface area contributed by atoms with Crippen LogP contribution in [0.3, 0.4) is 0 Å². The smallest absolute Gasteiger partial charge is 0.461 e. The molecule has 1 aromatic heterocycles. The molecule has 2 heterocycles. The molecule has 1 aromatic rings. The molecular weight excluding hydrogens is 347 g/mol. The van der Waals surface area contributed by atoms with Crippen LogP contribution in [0.2, 0.25) is 5.82 Å². The molecule has 0 saturated carbocycles. The standard InChI is InChI=1S/C20H33BO4S/c1-6-7-8-11-16(21-24-19(2,3)20(4,5)25-21)12-9-14-23-18(22)17-13-10-15-26-17/h10,13,15-16H,6-9,11-12,14H2,1-5H3/t16-/m0/s1. The van der Waals surface area contributed by atoms with Crippen LogP contribution in [0, 0.1) is 0 Å². The van der Waals surface area contributed by atoms with Gasteiger partial charge in [-0.2, -0.15) is 0 Å². The average molecular weight is 380 g/mol. The molecule has 1 aliphatic heterocycles. The number of ether oxygens (including phenoxy) is 1. The molecule has 0 bridgehead atoms. The van der Waals surface area contributed by atoms with Crippen LogP contribution in [0.25, 0.3) is 0 Å². The molecule has 0 N–H and O–H groups in total. The van der Waals surface area contributed by atoms with Gasteiger partial charge in [-0.3, -0.25) is 0 Å². The van der Waals surface area contributed by atoms with Gasteiger partial charge in [-0.25, -0.2) is 4.79 Å². The molecule has 0 amide bonds. The van der Waals surface area contributed by atoms with E-state index < -0.39 is 0 Å². The summed E-state index contributed by atoms with van der Waals surface area (Å²) >= 11 is 1.41. The summed E-state index contributed by atoms with van der Waals surface area (Å²) in [6, 6.07) is 3.66. The highest BCUT2D eigenvalue weighted by Gasteiger charge is 2.53. The Morgan fingerprint density at radius 2 is 1.81 bits per heavy atom. The number of hydrogen-bond donors (Lipinski definition) is 0. The maximum Gasteiger partial charge on any atom is 0.461 e. The lowest BCUT2D eigenvalue weighted by Crippen LogP contribution is -2.41. The van der Waals surface area contributed by atoms with Crippen molar-refractivity contribution in [2.75, 3.05) is 6.61 Å². The van der Waals surface area contributed by atoms with Crippen LogP contribution in [0.15, 0.2) is 17.5 Å². The molecule has 1 fully saturated rings. The van der Waals surface area contributed by atoms with Crippen molar-refractivity contribution in [3.63, 3.8) is 0 Å². The summed E-state index contributed by atoms with van der Waals surface area (Å²) in [6.45, 7) is 11.0. The normalized spacial score (nSPS) is 19.5. The molecular formula is C20H33BO4S. The van der Waals surface area contributed by atoms with Crippen molar-refractivity contribution in [3.05, 3.63) is 22.4 Å². The molecule has 1 aliphatic rings. The molecule has 0 spiro atoms. The maximum atomic E-state index is 11.9. The van der Waals surface area contributed by atoms with E-state index in [-0.39, 0.29) is 24.3 Å². The predicted octanol–water partition coefficient (Wildman–Crippen LogP) is 5.73. The largest absolute Gasteiger partial charge is 0.462 e. The van der Waals surface area contributed by atoms with Crippen LogP contribution in [0.4, 0.5) is 0 Å². The number of thiophene rings is 1. The van der Waals surface area contributed by atoms with Gasteiger partial charge in [0.25, 0.3) is 0 Å². The van der Waals surface area contributed by atoms with E-state index in [4.69, 9.17) is 14.0 Å². The summed E-state index contributed by atoms with van der Waals surface area (Å²) in [5.74, 6) is 0.112. The fourth-order valence-corrected chi connectivity index (χ4v) is 3.75. The van der Waals surface area contributed by atoms with Crippen molar-refractivity contribution in [2.24, 2.45) is 0 Å². The Bertz CT molecular complexity index is 540. The average Bonchev–Trinajstić information content (AvgIpc) is 3.16. The van der Waals surface area contributed by atoms with Crippen LogP contribution in [0.5, 0.6) is 0 Å². The number of unbranched alkanes of at least 4 members (excludes halogenated alkanes) is 2. The Balaban J connectivity index is 1.84. The first-order chi connectivity index (χ1) is 12.3. The number of carbonyl (C=O) groups is 1. The van der Waals surface area contributed by atoms with Gasteiger partial charge >= 0.3 is 13.1 Å². The van der Waals surface area contributed by atoms with Gasteiger partial charge in [-0.05, 0) is 57.8 Å². The Labute approximate surface area is 162 Å². The summed E-state index contributed by atoms with van der Waals surface area (Å²) in [5.41, 5.74) is -0.599. The third-order valence-electron chi connectivity index (χ3n) is 5.51. The van der Waals surface area contributed by atoms with Gasteiger partial charge < -0.3 is 14.0 Å². The molecule has 0 radical (unpaired) electrons. The second kappa shape index (κ2) is 9.38. The zero-order chi connectivity index (χ0) is 19.2. The number of esters is 1. The van der Waals surface area contributed by atoms with E-state index in [0.717, 1.165) is 19.3 Å². The summed E-state index contributed by atoms with van der Waals surface area (Å²) < 4.78 is 17.9. The van der Waals surface area contributed by atoms with E-state index in [2.05, 4.69) is 34.6 Å². The summed E-state index contributed by atoms with van der Waals surface area (Å²) in [5, 5.41) is 1.89. The summed E-state index contributed by atoms with van der Waals surface area (Å²) in [7, 11) is -0.176. The third kappa shape index (κ3) is 5.57. The fourth-order valence-electron chi connectivity index (χ4n) is 3.13. The van der Waals surface area contributed by atoms with E-state index in [0.29, 0.717) is 17.3 Å². The van der Waals surface area contributed by atoms with Crippen molar-refractivity contribution < 1.29 is 18.8 Å². The van der Waals surface area contributed by atoms with Gasteiger partial charge in [0.2, 0.25) is 0 Å². The van der Waals surface area contributed by atoms with Crippen LogP contribution >= 0.6 is 11.3 Å². The monoisotopic (exact) mass is 380 g/mol. The van der Waals surface area contributed by atoms with Gasteiger partial charge in [0.05, 0.1) is 17.8 Å². The van der Waals surface area contributed by atoms with Crippen molar-refractivity contribution in [2.45, 2.75) is 90.2 Å². The van der Waals surface area contributed by atoms with Gasteiger partial charge in [-0.1, -0.05) is 38.7 Å². The quantitative estimate of drug-likeness (QED) is 0.295. The van der Waals surface area contributed by atoms with Crippen molar-refractivity contribution in [1.29, 1.82) is 0 Å². The lowest BCUT2D eigenvalue weighted by Gasteiger charge is -2.32. The van der Waals surface area contributed by atoms with Crippen molar-refractivity contribution in [3.8, 4) is 0 Å². The molecule has 1 atom stereocenters. The summed E-state index contributed by atoms with van der Waals surface area (Å²) in [6.07, 6.45) is 6.47. The van der Waals surface area contributed by atoms with Crippen LogP contribution < -0.4 is 0 Å². The van der Waals surface area contributed by atoms with E-state index in [1.807, 2.05) is 11.4 Å². The lowest BCUT2D eigenvalue weighted by molar-refractivity contribution is 0.00578. The van der Waals surface area contributed by atoms with E-state index in [9.17, 15) is 4.79 Å². The number of carbonyl (C=O) groups excluding carboxylic acids is 1. The predicted molar refractivity (Wildman–Crippen MR) is 108 cm³/mol. The Morgan fingerprint density at radius 1 is 1.15 bits per heavy atom. The molecule has 6 heteroatoms. The van der Waals surface area contributed by atoms with Gasteiger partial charge in [0.15, 0.2) is 0 Å². The van der Waals surface area contributed by atoms with Crippen LogP contribution in [-0.4, -0.2) is 30.9 Å². The minimum Gasteiger partial charge on any atom is -0.462 e. The highest BCUT2D eigenvalue weighted by molar-refractivity contribution is 7.11. The first-order valence-corrected chi connectivity index (χ1v) is 10.7. The zero-order valence-electron chi connectivity index (χ0n) is 16.9. The maximum absolute atomic E-state index is 11.9. The SMILES string of the molecule is CCCCC[C@@H](CCCOC(=O)c1cccs1)B1OC(C)(C)C(C)(C)O1. The second-order valence-electron chi connectivity index (χ2n) is 8.14. The van der Waals surface area contributed by atoms with E-state index >= 15 is 0 Å². The first kappa shape index (κ1) is 21.5. The zero-order valence-corrected chi connectivity index (χ0v) is 17.7.